The fourth-order valence-corrected chi connectivity index (χ4v) is 0.912. The van der Waals surface area contributed by atoms with E-state index in [1.54, 1.807) is 20.8 Å². The SMILES string of the molecule is CCOC(=O)CCCNC(=O)OC(C)C. The Bertz CT molecular complexity index is 204. The lowest BCUT2D eigenvalue weighted by Gasteiger charge is -2.08. The molecule has 5 nitrogen and oxygen atoms in total. The Morgan fingerprint density at radius 1 is 1.33 bits per heavy atom. The van der Waals surface area contributed by atoms with Crippen LogP contribution in [0.2, 0.25) is 0 Å². The summed E-state index contributed by atoms with van der Waals surface area (Å²) in [7, 11) is 0. The Labute approximate surface area is 90.1 Å². The van der Waals surface area contributed by atoms with Crippen LogP contribution in [0.15, 0.2) is 0 Å². The van der Waals surface area contributed by atoms with Crippen molar-refractivity contribution in [1.82, 2.24) is 5.32 Å². The van der Waals surface area contributed by atoms with Crippen LogP contribution in [-0.4, -0.2) is 31.3 Å². The molecule has 0 atom stereocenters. The van der Waals surface area contributed by atoms with Gasteiger partial charge in [-0.25, -0.2) is 4.79 Å². The topological polar surface area (TPSA) is 64.6 Å². The van der Waals surface area contributed by atoms with Crippen LogP contribution in [0.5, 0.6) is 0 Å². The first kappa shape index (κ1) is 13.7. The average Bonchev–Trinajstić information content (AvgIpc) is 2.12. The fourth-order valence-electron chi connectivity index (χ4n) is 0.912. The zero-order chi connectivity index (χ0) is 11.7. The molecule has 0 aliphatic carbocycles. The molecule has 1 amide bonds. The minimum Gasteiger partial charge on any atom is -0.466 e. The van der Waals surface area contributed by atoms with Crippen molar-refractivity contribution in [3.8, 4) is 0 Å². The third kappa shape index (κ3) is 9.05. The molecule has 0 saturated carbocycles. The van der Waals surface area contributed by atoms with E-state index in [0.717, 1.165) is 0 Å². The summed E-state index contributed by atoms with van der Waals surface area (Å²) in [6.45, 7) is 6.12. The monoisotopic (exact) mass is 217 g/mol. The molecule has 5 heteroatoms. The lowest BCUT2D eigenvalue weighted by Crippen LogP contribution is -2.28. The Balaban J connectivity index is 3.38. The lowest BCUT2D eigenvalue weighted by atomic mass is 10.3. The van der Waals surface area contributed by atoms with Crippen LogP contribution in [0.25, 0.3) is 0 Å². The molecule has 0 rings (SSSR count). The second-order valence-electron chi connectivity index (χ2n) is 3.29. The van der Waals surface area contributed by atoms with Gasteiger partial charge in [-0.3, -0.25) is 4.79 Å². The molecule has 0 aliphatic heterocycles. The van der Waals surface area contributed by atoms with E-state index < -0.39 is 6.09 Å². The summed E-state index contributed by atoms with van der Waals surface area (Å²) in [6, 6.07) is 0. The van der Waals surface area contributed by atoms with Crippen LogP contribution in [0.3, 0.4) is 0 Å². The van der Waals surface area contributed by atoms with Crippen molar-refractivity contribution in [1.29, 1.82) is 0 Å². The molecule has 1 N–H and O–H groups in total. The second-order valence-corrected chi connectivity index (χ2v) is 3.29. The Kier molecular flexibility index (Phi) is 7.40. The number of alkyl carbamates (subject to hydrolysis) is 1. The maximum atomic E-state index is 11.0. The van der Waals surface area contributed by atoms with Gasteiger partial charge < -0.3 is 14.8 Å². The molecule has 0 heterocycles. The first-order valence-electron chi connectivity index (χ1n) is 5.16. The van der Waals surface area contributed by atoms with E-state index in [9.17, 15) is 9.59 Å². The number of hydrogen-bond acceptors (Lipinski definition) is 4. The van der Waals surface area contributed by atoms with Gasteiger partial charge in [0, 0.05) is 13.0 Å². The first-order valence-corrected chi connectivity index (χ1v) is 5.16. The lowest BCUT2D eigenvalue weighted by molar-refractivity contribution is -0.143. The molecular weight excluding hydrogens is 198 g/mol. The maximum Gasteiger partial charge on any atom is 0.407 e. The number of esters is 1. The molecule has 0 spiro atoms. The van der Waals surface area contributed by atoms with E-state index in [2.05, 4.69) is 5.32 Å². The van der Waals surface area contributed by atoms with Gasteiger partial charge in [0.25, 0.3) is 0 Å². The molecular formula is C10H19NO4. The summed E-state index contributed by atoms with van der Waals surface area (Å²) in [5, 5.41) is 2.54. The standard InChI is InChI=1S/C10H19NO4/c1-4-14-9(12)6-5-7-11-10(13)15-8(2)3/h8H,4-7H2,1-3H3,(H,11,13). The number of carbonyl (C=O) groups is 2. The summed E-state index contributed by atoms with van der Waals surface area (Å²) in [5.41, 5.74) is 0. The number of hydrogen-bond donors (Lipinski definition) is 1. The van der Waals surface area contributed by atoms with Crippen molar-refractivity contribution in [2.45, 2.75) is 39.7 Å². The quantitative estimate of drug-likeness (QED) is 0.540. The van der Waals surface area contributed by atoms with Crippen molar-refractivity contribution >= 4 is 12.1 Å². The van der Waals surface area contributed by atoms with Crippen molar-refractivity contribution in [3.63, 3.8) is 0 Å². The predicted molar refractivity (Wildman–Crippen MR) is 55.5 cm³/mol. The number of nitrogens with one attached hydrogen (secondary N) is 1. The largest absolute Gasteiger partial charge is 0.466 e. The van der Waals surface area contributed by atoms with E-state index in [-0.39, 0.29) is 12.1 Å². The minimum absolute atomic E-state index is 0.130. The van der Waals surface area contributed by atoms with Gasteiger partial charge in [-0.2, -0.15) is 0 Å². The molecule has 0 bridgehead atoms. The van der Waals surface area contributed by atoms with Gasteiger partial charge in [0.1, 0.15) is 0 Å². The molecule has 88 valence electrons. The molecule has 0 fully saturated rings. The van der Waals surface area contributed by atoms with Crippen molar-refractivity contribution in [3.05, 3.63) is 0 Å². The fraction of sp³-hybridized carbons (Fsp3) is 0.800. The summed E-state index contributed by atoms with van der Waals surface area (Å²) < 4.78 is 9.57. The zero-order valence-corrected chi connectivity index (χ0v) is 9.54. The predicted octanol–water partition coefficient (Wildman–Crippen LogP) is 1.46. The molecule has 0 aromatic heterocycles. The average molecular weight is 217 g/mol. The molecule has 15 heavy (non-hydrogen) atoms. The maximum absolute atomic E-state index is 11.0. The second kappa shape index (κ2) is 8.08. The Hall–Kier alpha value is -1.26. The van der Waals surface area contributed by atoms with Crippen molar-refractivity contribution < 1.29 is 19.1 Å². The van der Waals surface area contributed by atoms with Crippen molar-refractivity contribution in [2.75, 3.05) is 13.2 Å². The van der Waals surface area contributed by atoms with Crippen molar-refractivity contribution in [2.24, 2.45) is 0 Å². The van der Waals surface area contributed by atoms with Gasteiger partial charge >= 0.3 is 12.1 Å². The Morgan fingerprint density at radius 2 is 2.00 bits per heavy atom. The highest BCUT2D eigenvalue weighted by molar-refractivity contribution is 5.69. The summed E-state index contributed by atoms with van der Waals surface area (Å²) in [4.78, 5) is 21.9. The third-order valence-corrected chi connectivity index (χ3v) is 1.48. The van der Waals surface area contributed by atoms with Gasteiger partial charge in [-0.1, -0.05) is 0 Å². The highest BCUT2D eigenvalue weighted by Gasteiger charge is 2.05. The smallest absolute Gasteiger partial charge is 0.407 e. The van der Waals surface area contributed by atoms with E-state index in [1.165, 1.54) is 0 Å². The number of carbonyl (C=O) groups excluding carboxylic acids is 2. The normalized spacial score (nSPS) is 9.87. The molecule has 0 radical (unpaired) electrons. The van der Waals surface area contributed by atoms with Crippen LogP contribution in [0.4, 0.5) is 4.79 Å². The van der Waals surface area contributed by atoms with E-state index in [0.29, 0.717) is 26.0 Å². The van der Waals surface area contributed by atoms with Gasteiger partial charge in [-0.05, 0) is 27.2 Å². The molecule has 0 aromatic carbocycles. The summed E-state index contributed by atoms with van der Waals surface area (Å²) >= 11 is 0. The van der Waals surface area contributed by atoms with E-state index in [4.69, 9.17) is 9.47 Å². The zero-order valence-electron chi connectivity index (χ0n) is 9.54. The molecule has 0 aromatic rings. The van der Waals surface area contributed by atoms with Gasteiger partial charge in [0.05, 0.1) is 12.7 Å². The van der Waals surface area contributed by atoms with E-state index >= 15 is 0 Å². The number of rotatable bonds is 6. The highest BCUT2D eigenvalue weighted by Crippen LogP contribution is 1.93. The van der Waals surface area contributed by atoms with Gasteiger partial charge in [0.15, 0.2) is 0 Å². The van der Waals surface area contributed by atoms with Crippen LogP contribution in [0, 0.1) is 0 Å². The molecule has 0 unspecified atom stereocenters. The van der Waals surface area contributed by atoms with Gasteiger partial charge in [0.2, 0.25) is 0 Å². The van der Waals surface area contributed by atoms with Crippen LogP contribution in [-0.2, 0) is 14.3 Å². The summed E-state index contributed by atoms with van der Waals surface area (Å²) in [6.07, 6.45) is 0.297. The molecule has 0 aliphatic rings. The number of ether oxygens (including phenoxy) is 2. The molecule has 0 saturated heterocycles. The van der Waals surface area contributed by atoms with Crippen LogP contribution in [0.1, 0.15) is 33.6 Å². The van der Waals surface area contributed by atoms with Crippen LogP contribution < -0.4 is 5.32 Å². The highest BCUT2D eigenvalue weighted by atomic mass is 16.6. The Morgan fingerprint density at radius 3 is 2.53 bits per heavy atom. The summed E-state index contributed by atoms with van der Waals surface area (Å²) in [5.74, 6) is -0.239. The first-order chi connectivity index (χ1) is 7.06. The van der Waals surface area contributed by atoms with E-state index in [1.807, 2.05) is 0 Å². The minimum atomic E-state index is -0.450. The van der Waals surface area contributed by atoms with Gasteiger partial charge in [-0.15, -0.1) is 0 Å². The van der Waals surface area contributed by atoms with Crippen LogP contribution >= 0.6 is 0 Å². The number of amides is 1. The third-order valence-electron chi connectivity index (χ3n) is 1.48.